The number of benzene rings is 2. The van der Waals surface area contributed by atoms with Gasteiger partial charge in [0.05, 0.1) is 27.4 Å². The van der Waals surface area contributed by atoms with Gasteiger partial charge in [-0.15, -0.1) is 0 Å². The molecule has 2 rings (SSSR count). The fourth-order valence-corrected chi connectivity index (χ4v) is 2.71. The number of ether oxygens (including phenoxy) is 4. The zero-order valence-corrected chi connectivity index (χ0v) is 16.4. The van der Waals surface area contributed by atoms with Crippen molar-refractivity contribution in [2.45, 2.75) is 32.4 Å². The summed E-state index contributed by atoms with van der Waals surface area (Å²) in [4.78, 5) is 12.6. The molecule has 2 atom stereocenters. The highest BCUT2D eigenvalue weighted by atomic mass is 16.5. The number of rotatable bonds is 9. The molecule has 0 fully saturated rings. The standard InChI is InChI=1S/C21H27NO5/c1-6-18(15-10-11-19(25-4)20(12-15)26-5)22-21(23)14(2)27-17-9-7-8-16(13-17)24-3/h7-14,18H,6H2,1-5H3,(H,22,23)/t14-,18+/m0/s1. The maximum absolute atomic E-state index is 12.6. The van der Waals surface area contributed by atoms with Crippen molar-refractivity contribution in [2.75, 3.05) is 21.3 Å². The van der Waals surface area contributed by atoms with E-state index in [-0.39, 0.29) is 11.9 Å². The molecule has 0 aliphatic heterocycles. The SMILES string of the molecule is CC[C@@H](NC(=O)[C@H](C)Oc1cccc(OC)c1)c1ccc(OC)c(OC)c1. The van der Waals surface area contributed by atoms with E-state index in [0.717, 1.165) is 12.0 Å². The largest absolute Gasteiger partial charge is 0.497 e. The van der Waals surface area contributed by atoms with E-state index in [9.17, 15) is 4.79 Å². The smallest absolute Gasteiger partial charge is 0.261 e. The van der Waals surface area contributed by atoms with E-state index in [4.69, 9.17) is 18.9 Å². The first-order valence-electron chi connectivity index (χ1n) is 8.85. The predicted molar refractivity (Wildman–Crippen MR) is 104 cm³/mol. The lowest BCUT2D eigenvalue weighted by atomic mass is 10.0. The molecule has 2 aromatic rings. The fourth-order valence-electron chi connectivity index (χ4n) is 2.71. The molecule has 0 bridgehead atoms. The Kier molecular flexibility index (Phi) is 7.34. The predicted octanol–water partition coefficient (Wildman–Crippen LogP) is 3.75. The first-order valence-corrected chi connectivity index (χ1v) is 8.85. The van der Waals surface area contributed by atoms with Gasteiger partial charge in [-0.05, 0) is 43.2 Å². The molecule has 6 heteroatoms. The molecule has 2 aromatic carbocycles. The second-order valence-electron chi connectivity index (χ2n) is 6.02. The maximum atomic E-state index is 12.6. The van der Waals surface area contributed by atoms with Crippen LogP contribution in [0, 0.1) is 0 Å². The van der Waals surface area contributed by atoms with E-state index in [1.165, 1.54) is 0 Å². The van der Waals surface area contributed by atoms with Crippen LogP contribution >= 0.6 is 0 Å². The van der Waals surface area contributed by atoms with Crippen LogP contribution < -0.4 is 24.3 Å². The zero-order valence-electron chi connectivity index (χ0n) is 16.4. The minimum absolute atomic E-state index is 0.159. The molecule has 0 saturated carbocycles. The molecule has 1 amide bonds. The van der Waals surface area contributed by atoms with Crippen molar-refractivity contribution in [1.82, 2.24) is 5.32 Å². The topological polar surface area (TPSA) is 66.0 Å². The summed E-state index contributed by atoms with van der Waals surface area (Å²) in [5.41, 5.74) is 0.942. The molecule has 0 aliphatic carbocycles. The molecule has 0 radical (unpaired) electrons. The van der Waals surface area contributed by atoms with Crippen LogP contribution in [0.3, 0.4) is 0 Å². The highest BCUT2D eigenvalue weighted by Crippen LogP contribution is 2.31. The molecule has 1 N–H and O–H groups in total. The lowest BCUT2D eigenvalue weighted by molar-refractivity contribution is -0.128. The van der Waals surface area contributed by atoms with Crippen LogP contribution in [0.5, 0.6) is 23.0 Å². The van der Waals surface area contributed by atoms with Crippen molar-refractivity contribution in [3.05, 3.63) is 48.0 Å². The molecule has 0 aromatic heterocycles. The Morgan fingerprint density at radius 1 is 0.963 bits per heavy atom. The molecule has 0 unspecified atom stereocenters. The Bertz CT molecular complexity index is 762. The fraction of sp³-hybridized carbons (Fsp3) is 0.381. The van der Waals surface area contributed by atoms with Crippen LogP contribution in [0.4, 0.5) is 0 Å². The molecule has 0 aliphatic rings. The third kappa shape index (κ3) is 5.29. The Balaban J connectivity index is 2.07. The summed E-state index contributed by atoms with van der Waals surface area (Å²) >= 11 is 0. The number of carbonyl (C=O) groups excluding carboxylic acids is 1. The van der Waals surface area contributed by atoms with Crippen molar-refractivity contribution in [3.8, 4) is 23.0 Å². The number of carbonyl (C=O) groups is 1. The minimum atomic E-state index is -0.647. The molecule has 0 saturated heterocycles. The lowest BCUT2D eigenvalue weighted by Gasteiger charge is -2.22. The number of hydrogen-bond donors (Lipinski definition) is 1. The van der Waals surface area contributed by atoms with Gasteiger partial charge >= 0.3 is 0 Å². The monoisotopic (exact) mass is 373 g/mol. The number of methoxy groups -OCH3 is 3. The highest BCUT2D eigenvalue weighted by Gasteiger charge is 2.20. The second kappa shape index (κ2) is 9.71. The summed E-state index contributed by atoms with van der Waals surface area (Å²) in [5.74, 6) is 2.34. The summed E-state index contributed by atoms with van der Waals surface area (Å²) < 4.78 is 21.5. The summed E-state index contributed by atoms with van der Waals surface area (Å²) in [7, 11) is 4.77. The van der Waals surface area contributed by atoms with Crippen LogP contribution in [0.2, 0.25) is 0 Å². The van der Waals surface area contributed by atoms with Crippen LogP contribution in [-0.2, 0) is 4.79 Å². The Labute approximate surface area is 160 Å². The van der Waals surface area contributed by atoms with Gasteiger partial charge in [0.1, 0.15) is 11.5 Å². The second-order valence-corrected chi connectivity index (χ2v) is 6.02. The van der Waals surface area contributed by atoms with Crippen LogP contribution in [0.15, 0.2) is 42.5 Å². The number of nitrogens with one attached hydrogen (secondary N) is 1. The average Bonchev–Trinajstić information content (AvgIpc) is 2.71. The highest BCUT2D eigenvalue weighted by molar-refractivity contribution is 5.81. The van der Waals surface area contributed by atoms with Crippen molar-refractivity contribution in [1.29, 1.82) is 0 Å². The van der Waals surface area contributed by atoms with E-state index in [2.05, 4.69) is 5.32 Å². The molecule has 6 nitrogen and oxygen atoms in total. The summed E-state index contributed by atoms with van der Waals surface area (Å²) in [6.45, 7) is 3.73. The number of hydrogen-bond acceptors (Lipinski definition) is 5. The third-order valence-corrected chi connectivity index (χ3v) is 4.26. The van der Waals surface area contributed by atoms with Gasteiger partial charge in [-0.3, -0.25) is 4.79 Å². The third-order valence-electron chi connectivity index (χ3n) is 4.26. The van der Waals surface area contributed by atoms with Gasteiger partial charge in [-0.1, -0.05) is 19.1 Å². The zero-order chi connectivity index (χ0) is 19.8. The molecule has 146 valence electrons. The first kappa shape index (κ1) is 20.4. The number of amides is 1. The van der Waals surface area contributed by atoms with Gasteiger partial charge in [0.2, 0.25) is 0 Å². The van der Waals surface area contributed by atoms with E-state index in [1.807, 2.05) is 37.3 Å². The molecule has 0 spiro atoms. The van der Waals surface area contributed by atoms with Gasteiger partial charge in [0, 0.05) is 6.07 Å². The van der Waals surface area contributed by atoms with Crippen molar-refractivity contribution in [2.24, 2.45) is 0 Å². The Morgan fingerprint density at radius 2 is 1.67 bits per heavy atom. The Morgan fingerprint density at radius 3 is 2.30 bits per heavy atom. The van der Waals surface area contributed by atoms with Gasteiger partial charge in [0.15, 0.2) is 17.6 Å². The van der Waals surface area contributed by atoms with E-state index >= 15 is 0 Å². The molecular formula is C21H27NO5. The van der Waals surface area contributed by atoms with Gasteiger partial charge in [-0.2, -0.15) is 0 Å². The van der Waals surface area contributed by atoms with Crippen molar-refractivity contribution < 1.29 is 23.7 Å². The minimum Gasteiger partial charge on any atom is -0.497 e. The van der Waals surface area contributed by atoms with Gasteiger partial charge < -0.3 is 24.3 Å². The average molecular weight is 373 g/mol. The molecule has 27 heavy (non-hydrogen) atoms. The lowest BCUT2D eigenvalue weighted by Crippen LogP contribution is -2.38. The Hall–Kier alpha value is -2.89. The van der Waals surface area contributed by atoms with Gasteiger partial charge in [0.25, 0.3) is 5.91 Å². The first-order chi connectivity index (χ1) is 13.0. The van der Waals surface area contributed by atoms with Crippen molar-refractivity contribution >= 4 is 5.91 Å². The quantitative estimate of drug-likeness (QED) is 0.725. The van der Waals surface area contributed by atoms with Crippen LogP contribution in [-0.4, -0.2) is 33.3 Å². The van der Waals surface area contributed by atoms with Crippen LogP contribution in [0.1, 0.15) is 31.9 Å². The van der Waals surface area contributed by atoms with E-state index < -0.39 is 6.10 Å². The van der Waals surface area contributed by atoms with Gasteiger partial charge in [-0.25, -0.2) is 0 Å². The summed E-state index contributed by atoms with van der Waals surface area (Å²) in [6, 6.07) is 12.6. The maximum Gasteiger partial charge on any atom is 0.261 e. The summed E-state index contributed by atoms with van der Waals surface area (Å²) in [5, 5.41) is 3.03. The molecule has 0 heterocycles. The van der Waals surface area contributed by atoms with Crippen LogP contribution in [0.25, 0.3) is 0 Å². The normalized spacial score (nSPS) is 12.6. The van der Waals surface area contributed by atoms with Crippen molar-refractivity contribution in [3.63, 3.8) is 0 Å². The van der Waals surface area contributed by atoms with E-state index in [1.54, 1.807) is 40.4 Å². The molecular weight excluding hydrogens is 346 g/mol. The van der Waals surface area contributed by atoms with E-state index in [0.29, 0.717) is 23.0 Å². The summed E-state index contributed by atoms with van der Waals surface area (Å²) in [6.07, 6.45) is 0.0823.